The van der Waals surface area contributed by atoms with E-state index in [0.29, 0.717) is 11.1 Å². The largest absolute Gasteiger partial charge is 0.872 e. The summed E-state index contributed by atoms with van der Waals surface area (Å²) >= 11 is 0. The molecule has 0 radical (unpaired) electrons. The molecule has 120 valence electrons. The minimum Gasteiger partial charge on any atom is -0.872 e. The van der Waals surface area contributed by atoms with Crippen molar-refractivity contribution < 1.29 is 9.90 Å². The first-order valence-electron chi connectivity index (χ1n) is 7.79. The minimum atomic E-state index is -0.218. The molecule has 2 aromatic carbocycles. The molecule has 0 heterocycles. The molecule has 0 amide bonds. The second kappa shape index (κ2) is 6.41. The van der Waals surface area contributed by atoms with Crippen molar-refractivity contribution in [2.24, 2.45) is 0 Å². The van der Waals surface area contributed by atoms with Crippen molar-refractivity contribution >= 4 is 11.5 Å². The second-order valence-electron chi connectivity index (χ2n) is 6.42. The van der Waals surface area contributed by atoms with Gasteiger partial charge in [-0.1, -0.05) is 41.2 Å². The van der Waals surface area contributed by atoms with Crippen LogP contribution in [0.15, 0.2) is 30.3 Å². The summed E-state index contributed by atoms with van der Waals surface area (Å²) in [4.78, 5) is 12.6. The van der Waals surface area contributed by atoms with Crippen LogP contribution >= 0.6 is 0 Å². The van der Waals surface area contributed by atoms with Crippen molar-refractivity contribution in [1.82, 2.24) is 0 Å². The molecule has 23 heavy (non-hydrogen) atoms. The Hall–Kier alpha value is -2.35. The smallest absolute Gasteiger partial charge is 0.185 e. The number of allylic oxidation sites excluding steroid dienone is 1. The van der Waals surface area contributed by atoms with Crippen LogP contribution in [0.4, 0.5) is 0 Å². The third-order valence-corrected chi connectivity index (χ3v) is 4.11. The minimum absolute atomic E-state index is 0.218. The van der Waals surface area contributed by atoms with Crippen molar-refractivity contribution in [2.45, 2.75) is 41.5 Å². The Bertz CT molecular complexity index is 765. The van der Waals surface area contributed by atoms with Gasteiger partial charge >= 0.3 is 0 Å². The van der Waals surface area contributed by atoms with Gasteiger partial charge in [0.05, 0.1) is 0 Å². The van der Waals surface area contributed by atoms with Gasteiger partial charge in [-0.15, -0.1) is 0 Å². The SMILES string of the molecule is Cc1cc(C)c(C(=O)/C=C(\[O-])c2c(C)cc(C)cc2C)c(C)c1. The molecule has 0 saturated heterocycles. The van der Waals surface area contributed by atoms with Gasteiger partial charge in [-0.2, -0.15) is 0 Å². The van der Waals surface area contributed by atoms with E-state index in [-0.39, 0.29) is 11.5 Å². The Balaban J connectivity index is 2.49. The third-order valence-electron chi connectivity index (χ3n) is 4.11. The molecule has 0 aliphatic carbocycles. The van der Waals surface area contributed by atoms with Crippen molar-refractivity contribution in [3.8, 4) is 0 Å². The number of carbonyl (C=O) groups is 1. The van der Waals surface area contributed by atoms with Crippen molar-refractivity contribution in [3.05, 3.63) is 74.8 Å². The maximum Gasteiger partial charge on any atom is 0.185 e. The molecule has 2 nitrogen and oxygen atoms in total. The predicted molar refractivity (Wildman–Crippen MR) is 93.6 cm³/mol. The Kier molecular flexibility index (Phi) is 4.74. The summed E-state index contributed by atoms with van der Waals surface area (Å²) in [6.07, 6.45) is 1.23. The van der Waals surface area contributed by atoms with Gasteiger partial charge in [-0.3, -0.25) is 4.79 Å². The van der Waals surface area contributed by atoms with Gasteiger partial charge in [0.15, 0.2) is 5.78 Å². The lowest BCUT2D eigenvalue weighted by molar-refractivity contribution is -0.243. The fourth-order valence-corrected chi connectivity index (χ4v) is 3.40. The average molecular weight is 307 g/mol. The number of hydrogen-bond acceptors (Lipinski definition) is 2. The molecule has 0 saturated carbocycles. The lowest BCUT2D eigenvalue weighted by Crippen LogP contribution is -2.11. The van der Waals surface area contributed by atoms with Crippen LogP contribution in [0.25, 0.3) is 5.76 Å². The number of benzene rings is 2. The normalized spacial score (nSPS) is 11.7. The maximum absolute atomic E-state index is 12.6. The van der Waals surface area contributed by atoms with Gasteiger partial charge in [-0.25, -0.2) is 0 Å². The van der Waals surface area contributed by atoms with E-state index in [2.05, 4.69) is 0 Å². The number of ketones is 1. The summed E-state index contributed by atoms with van der Waals surface area (Å²) in [5.41, 5.74) is 7.14. The molecule has 0 aromatic heterocycles. The van der Waals surface area contributed by atoms with E-state index in [9.17, 15) is 9.90 Å². The molecule has 0 atom stereocenters. The van der Waals surface area contributed by atoms with Crippen LogP contribution in [0.2, 0.25) is 0 Å². The molecular formula is C21H23O2-. The highest BCUT2D eigenvalue weighted by Gasteiger charge is 2.11. The molecule has 2 rings (SSSR count). The Morgan fingerprint density at radius 3 is 1.48 bits per heavy atom. The van der Waals surface area contributed by atoms with E-state index >= 15 is 0 Å². The van der Waals surface area contributed by atoms with E-state index in [4.69, 9.17) is 0 Å². The maximum atomic E-state index is 12.6. The van der Waals surface area contributed by atoms with E-state index in [1.54, 1.807) is 0 Å². The van der Waals surface area contributed by atoms with E-state index in [0.717, 1.165) is 33.4 Å². The van der Waals surface area contributed by atoms with Gasteiger partial charge in [0.1, 0.15) is 0 Å². The lowest BCUT2D eigenvalue weighted by atomic mass is 9.94. The van der Waals surface area contributed by atoms with Crippen molar-refractivity contribution in [3.63, 3.8) is 0 Å². The highest BCUT2D eigenvalue weighted by Crippen LogP contribution is 2.23. The zero-order chi connectivity index (χ0) is 17.3. The molecule has 0 N–H and O–H groups in total. The van der Waals surface area contributed by atoms with E-state index in [1.807, 2.05) is 65.8 Å². The molecule has 0 bridgehead atoms. The predicted octanol–water partition coefficient (Wildman–Crippen LogP) is 4.12. The van der Waals surface area contributed by atoms with Crippen LogP contribution in [0.5, 0.6) is 0 Å². The summed E-state index contributed by atoms with van der Waals surface area (Å²) in [7, 11) is 0. The number of rotatable bonds is 3. The van der Waals surface area contributed by atoms with E-state index < -0.39 is 0 Å². The zero-order valence-corrected chi connectivity index (χ0v) is 14.7. The average Bonchev–Trinajstić information content (AvgIpc) is 2.35. The summed E-state index contributed by atoms with van der Waals surface area (Å²) in [5, 5.41) is 12.6. The quantitative estimate of drug-likeness (QED) is 0.486. The summed E-state index contributed by atoms with van der Waals surface area (Å²) in [5.74, 6) is -0.436. The van der Waals surface area contributed by atoms with Crippen LogP contribution in [-0.4, -0.2) is 5.78 Å². The van der Waals surface area contributed by atoms with Gasteiger partial charge in [-0.05, 0) is 75.4 Å². The number of aryl methyl sites for hydroxylation is 6. The molecule has 2 aromatic rings. The molecule has 0 spiro atoms. The summed E-state index contributed by atoms with van der Waals surface area (Å²) < 4.78 is 0. The molecule has 0 aliphatic heterocycles. The number of carbonyl (C=O) groups excluding carboxylic acids is 1. The first-order valence-corrected chi connectivity index (χ1v) is 7.79. The lowest BCUT2D eigenvalue weighted by Gasteiger charge is -2.19. The van der Waals surface area contributed by atoms with Gasteiger partial charge in [0, 0.05) is 5.56 Å². The van der Waals surface area contributed by atoms with Crippen LogP contribution in [-0.2, 0) is 0 Å². The van der Waals surface area contributed by atoms with Crippen molar-refractivity contribution in [1.29, 1.82) is 0 Å². The van der Waals surface area contributed by atoms with Crippen LogP contribution in [0.3, 0.4) is 0 Å². The van der Waals surface area contributed by atoms with Gasteiger partial charge in [0.2, 0.25) is 0 Å². The molecule has 2 heteroatoms. The molecule has 0 fully saturated rings. The van der Waals surface area contributed by atoms with Crippen LogP contribution < -0.4 is 5.11 Å². The first-order chi connectivity index (χ1) is 10.7. The number of hydrogen-bond donors (Lipinski definition) is 0. The highest BCUT2D eigenvalue weighted by atomic mass is 16.3. The summed E-state index contributed by atoms with van der Waals surface area (Å²) in [6.45, 7) is 11.6. The van der Waals surface area contributed by atoms with Crippen LogP contribution in [0.1, 0.15) is 49.3 Å². The van der Waals surface area contributed by atoms with Crippen LogP contribution in [0, 0.1) is 41.5 Å². The van der Waals surface area contributed by atoms with E-state index in [1.165, 1.54) is 6.08 Å². The second-order valence-corrected chi connectivity index (χ2v) is 6.42. The molecule has 0 unspecified atom stereocenters. The van der Waals surface area contributed by atoms with Crippen molar-refractivity contribution in [2.75, 3.05) is 0 Å². The molecule has 0 aliphatic rings. The highest BCUT2D eigenvalue weighted by molar-refractivity contribution is 6.09. The fourth-order valence-electron chi connectivity index (χ4n) is 3.40. The topological polar surface area (TPSA) is 40.1 Å². The zero-order valence-electron chi connectivity index (χ0n) is 14.7. The summed E-state index contributed by atoms with van der Waals surface area (Å²) in [6, 6.07) is 7.89. The molecular weight excluding hydrogens is 284 g/mol. The first kappa shape index (κ1) is 17.0. The third kappa shape index (κ3) is 3.53. The standard InChI is InChI=1S/C21H24O2/c1-12-7-14(3)20(15(4)8-12)18(22)11-19(23)21-16(5)9-13(2)10-17(21)6/h7-11,22H,1-6H3/p-1/b18-11-. The Morgan fingerprint density at radius 1 is 0.739 bits per heavy atom. The monoisotopic (exact) mass is 307 g/mol. The Labute approximate surface area is 138 Å². The fraction of sp³-hybridized carbons (Fsp3) is 0.286. The Morgan fingerprint density at radius 2 is 1.09 bits per heavy atom. The van der Waals surface area contributed by atoms with Gasteiger partial charge < -0.3 is 5.11 Å². The van der Waals surface area contributed by atoms with Gasteiger partial charge in [0.25, 0.3) is 0 Å².